The number of likely N-dealkylation sites (tertiary alicyclic amines) is 1. The number of benzene rings is 1. The highest BCUT2D eigenvalue weighted by Gasteiger charge is 2.42. The summed E-state index contributed by atoms with van der Waals surface area (Å²) in [7, 11) is 0. The van der Waals surface area contributed by atoms with E-state index in [0.717, 1.165) is 19.3 Å². The Bertz CT molecular complexity index is 564. The summed E-state index contributed by atoms with van der Waals surface area (Å²) >= 11 is 0. The summed E-state index contributed by atoms with van der Waals surface area (Å²) in [6.45, 7) is 4.44. The van der Waals surface area contributed by atoms with Gasteiger partial charge >= 0.3 is 12.0 Å². The summed E-state index contributed by atoms with van der Waals surface area (Å²) in [5, 5.41) is 12.0. The van der Waals surface area contributed by atoms with Crippen LogP contribution in [0.3, 0.4) is 0 Å². The molecule has 1 unspecified atom stereocenters. The van der Waals surface area contributed by atoms with Crippen LogP contribution in [0.5, 0.6) is 0 Å². The summed E-state index contributed by atoms with van der Waals surface area (Å²) < 4.78 is 5.61. The van der Waals surface area contributed by atoms with Gasteiger partial charge in [-0.15, -0.1) is 0 Å². The van der Waals surface area contributed by atoms with E-state index >= 15 is 0 Å². The highest BCUT2D eigenvalue weighted by molar-refractivity contribution is 5.79. The van der Waals surface area contributed by atoms with Crippen molar-refractivity contribution in [3.8, 4) is 0 Å². The zero-order chi connectivity index (χ0) is 18.1. The first-order valence-corrected chi connectivity index (χ1v) is 8.89. The molecular weight excluding hydrogens is 320 g/mol. The third-order valence-corrected chi connectivity index (χ3v) is 4.65. The van der Waals surface area contributed by atoms with Crippen molar-refractivity contribution in [1.29, 1.82) is 0 Å². The maximum Gasteiger partial charge on any atom is 0.317 e. The monoisotopic (exact) mass is 348 g/mol. The number of carboxylic acid groups (broad SMARTS) is 1. The largest absolute Gasteiger partial charge is 0.481 e. The SMILES string of the molecule is CC1(C(=O)O)CCN(C(=O)NCCCCOCCc2ccccc2)C1. The molecule has 1 saturated heterocycles. The number of amides is 2. The quantitative estimate of drug-likeness (QED) is 0.672. The van der Waals surface area contributed by atoms with E-state index in [0.29, 0.717) is 32.7 Å². The maximum atomic E-state index is 12.0. The second kappa shape index (κ2) is 9.42. The number of nitrogens with zero attached hydrogens (tertiary/aromatic N) is 1. The Labute approximate surface area is 149 Å². The van der Waals surface area contributed by atoms with Gasteiger partial charge in [-0.2, -0.15) is 0 Å². The third kappa shape index (κ3) is 6.05. The molecule has 2 rings (SSSR count). The average Bonchev–Trinajstić information content (AvgIpc) is 3.02. The van der Waals surface area contributed by atoms with Crippen molar-refractivity contribution >= 4 is 12.0 Å². The number of nitrogens with one attached hydrogen (secondary N) is 1. The molecule has 1 aromatic rings. The number of carbonyl (C=O) groups excluding carboxylic acids is 1. The van der Waals surface area contributed by atoms with Crippen molar-refractivity contribution in [3.05, 3.63) is 35.9 Å². The molecule has 6 heteroatoms. The predicted octanol–water partition coefficient (Wildman–Crippen LogP) is 2.53. The molecule has 25 heavy (non-hydrogen) atoms. The number of urea groups is 1. The average molecular weight is 348 g/mol. The van der Waals surface area contributed by atoms with Gasteiger partial charge in [-0.25, -0.2) is 4.79 Å². The normalized spacial score (nSPS) is 19.8. The van der Waals surface area contributed by atoms with Gasteiger partial charge in [0.1, 0.15) is 0 Å². The summed E-state index contributed by atoms with van der Waals surface area (Å²) in [5.41, 5.74) is 0.456. The van der Waals surface area contributed by atoms with Gasteiger partial charge in [-0.3, -0.25) is 4.79 Å². The van der Waals surface area contributed by atoms with Gasteiger partial charge in [0.05, 0.1) is 12.0 Å². The van der Waals surface area contributed by atoms with E-state index < -0.39 is 11.4 Å². The second-order valence-corrected chi connectivity index (χ2v) is 6.82. The van der Waals surface area contributed by atoms with Gasteiger partial charge < -0.3 is 20.1 Å². The number of ether oxygens (including phenoxy) is 1. The van der Waals surface area contributed by atoms with Crippen molar-refractivity contribution < 1.29 is 19.4 Å². The number of unbranched alkanes of at least 4 members (excludes halogenated alkanes) is 1. The van der Waals surface area contributed by atoms with Crippen LogP contribution in [0.2, 0.25) is 0 Å². The van der Waals surface area contributed by atoms with Crippen LogP contribution >= 0.6 is 0 Å². The first-order valence-electron chi connectivity index (χ1n) is 8.89. The van der Waals surface area contributed by atoms with Gasteiger partial charge in [-0.05, 0) is 38.2 Å². The molecule has 1 aromatic carbocycles. The topological polar surface area (TPSA) is 78.9 Å². The minimum absolute atomic E-state index is 0.171. The molecule has 0 spiro atoms. The molecule has 1 aliphatic heterocycles. The maximum absolute atomic E-state index is 12.0. The molecule has 0 aromatic heterocycles. The van der Waals surface area contributed by atoms with E-state index in [2.05, 4.69) is 17.4 Å². The third-order valence-electron chi connectivity index (χ3n) is 4.65. The Morgan fingerprint density at radius 3 is 2.68 bits per heavy atom. The van der Waals surface area contributed by atoms with Gasteiger partial charge in [-0.1, -0.05) is 30.3 Å². The lowest BCUT2D eigenvalue weighted by molar-refractivity contribution is -0.147. The Balaban J connectivity index is 1.49. The van der Waals surface area contributed by atoms with Crippen LogP contribution < -0.4 is 5.32 Å². The van der Waals surface area contributed by atoms with E-state index in [-0.39, 0.29) is 12.6 Å². The fourth-order valence-electron chi connectivity index (χ4n) is 2.88. The number of hydrogen-bond donors (Lipinski definition) is 2. The Morgan fingerprint density at radius 1 is 1.24 bits per heavy atom. The Hall–Kier alpha value is -2.08. The standard InChI is InChI=1S/C19H28N2O4/c1-19(17(22)23)10-12-21(15-19)18(24)20-11-5-6-13-25-14-9-16-7-3-2-4-8-16/h2-4,7-8H,5-6,9-15H2,1H3,(H,20,24)(H,22,23). The number of hydrogen-bond acceptors (Lipinski definition) is 3. The van der Waals surface area contributed by atoms with Crippen LogP contribution in [-0.2, 0) is 16.0 Å². The highest BCUT2D eigenvalue weighted by atomic mass is 16.5. The van der Waals surface area contributed by atoms with Crippen LogP contribution in [0.1, 0.15) is 31.7 Å². The van der Waals surface area contributed by atoms with E-state index in [1.807, 2.05) is 18.2 Å². The van der Waals surface area contributed by atoms with Crippen molar-refractivity contribution in [2.75, 3.05) is 32.8 Å². The number of aliphatic carboxylic acids is 1. The molecule has 1 aliphatic rings. The van der Waals surface area contributed by atoms with Gasteiger partial charge in [0.15, 0.2) is 0 Å². The minimum Gasteiger partial charge on any atom is -0.481 e. The molecule has 2 N–H and O–H groups in total. The van der Waals surface area contributed by atoms with Gasteiger partial charge in [0.25, 0.3) is 0 Å². The highest BCUT2D eigenvalue weighted by Crippen LogP contribution is 2.29. The number of rotatable bonds is 9. The Kier molecular flexibility index (Phi) is 7.25. The summed E-state index contributed by atoms with van der Waals surface area (Å²) in [5.74, 6) is -0.838. The molecule has 0 bridgehead atoms. The van der Waals surface area contributed by atoms with Crippen molar-refractivity contribution in [2.24, 2.45) is 5.41 Å². The van der Waals surface area contributed by atoms with Crippen molar-refractivity contribution in [3.63, 3.8) is 0 Å². The smallest absolute Gasteiger partial charge is 0.317 e. The van der Waals surface area contributed by atoms with Crippen LogP contribution in [0, 0.1) is 5.41 Å². The van der Waals surface area contributed by atoms with Gasteiger partial charge in [0.2, 0.25) is 0 Å². The predicted molar refractivity (Wildman–Crippen MR) is 95.5 cm³/mol. The van der Waals surface area contributed by atoms with E-state index in [4.69, 9.17) is 4.74 Å². The first kappa shape index (κ1) is 19.2. The summed E-state index contributed by atoms with van der Waals surface area (Å²) in [6, 6.07) is 10.1. The lowest BCUT2D eigenvalue weighted by Crippen LogP contribution is -2.41. The molecule has 0 radical (unpaired) electrons. The number of carboxylic acids is 1. The molecule has 1 heterocycles. The second-order valence-electron chi connectivity index (χ2n) is 6.82. The fraction of sp³-hybridized carbons (Fsp3) is 0.579. The van der Waals surface area contributed by atoms with E-state index in [9.17, 15) is 14.7 Å². The zero-order valence-electron chi connectivity index (χ0n) is 14.9. The lowest BCUT2D eigenvalue weighted by Gasteiger charge is -2.20. The summed E-state index contributed by atoms with van der Waals surface area (Å²) in [6.07, 6.45) is 3.16. The molecule has 0 saturated carbocycles. The van der Waals surface area contributed by atoms with Crippen molar-refractivity contribution in [2.45, 2.75) is 32.6 Å². The molecule has 2 amide bonds. The zero-order valence-corrected chi connectivity index (χ0v) is 14.9. The molecule has 1 fully saturated rings. The fourth-order valence-corrected chi connectivity index (χ4v) is 2.88. The first-order chi connectivity index (χ1) is 12.0. The molecular formula is C19H28N2O4. The molecule has 138 valence electrons. The van der Waals surface area contributed by atoms with Crippen LogP contribution in [0.15, 0.2) is 30.3 Å². The van der Waals surface area contributed by atoms with Gasteiger partial charge in [0, 0.05) is 26.2 Å². The molecule has 1 atom stereocenters. The Morgan fingerprint density at radius 2 is 2.00 bits per heavy atom. The van der Waals surface area contributed by atoms with E-state index in [1.165, 1.54) is 5.56 Å². The number of carbonyl (C=O) groups is 2. The van der Waals surface area contributed by atoms with Crippen molar-refractivity contribution in [1.82, 2.24) is 10.2 Å². The molecule has 6 nitrogen and oxygen atoms in total. The van der Waals surface area contributed by atoms with Crippen LogP contribution in [0.4, 0.5) is 4.79 Å². The van der Waals surface area contributed by atoms with E-state index in [1.54, 1.807) is 11.8 Å². The van der Waals surface area contributed by atoms with Crippen LogP contribution in [0.25, 0.3) is 0 Å². The minimum atomic E-state index is -0.838. The molecule has 0 aliphatic carbocycles. The lowest BCUT2D eigenvalue weighted by atomic mass is 9.90. The summed E-state index contributed by atoms with van der Waals surface area (Å²) in [4.78, 5) is 24.8. The van der Waals surface area contributed by atoms with Crippen LogP contribution in [-0.4, -0.2) is 54.9 Å².